The van der Waals surface area contributed by atoms with E-state index in [4.69, 9.17) is 24.8 Å². The number of rotatable bonds is 8. The van der Waals surface area contributed by atoms with E-state index in [0.717, 1.165) is 0 Å². The largest absolute Gasteiger partial charge is 0.575 e. The Kier molecular flexibility index (Phi) is 6.81. The number of anilines is 1. The van der Waals surface area contributed by atoms with Crippen molar-refractivity contribution in [3.63, 3.8) is 0 Å². The van der Waals surface area contributed by atoms with Crippen LogP contribution in [0, 0.1) is 0 Å². The zero-order valence-electron chi connectivity index (χ0n) is 18.6. The van der Waals surface area contributed by atoms with Crippen LogP contribution in [-0.4, -0.2) is 66.2 Å². The van der Waals surface area contributed by atoms with Gasteiger partial charge in [0.05, 0.1) is 6.33 Å². The van der Waals surface area contributed by atoms with Crippen molar-refractivity contribution in [3.05, 3.63) is 36.9 Å². The molecule has 186 valence electrons. The van der Waals surface area contributed by atoms with Crippen molar-refractivity contribution < 1.29 is 38.3 Å². The lowest BCUT2D eigenvalue weighted by Crippen LogP contribution is -2.41. The summed E-state index contributed by atoms with van der Waals surface area (Å²) in [7, 11) is -2.70. The van der Waals surface area contributed by atoms with Crippen LogP contribution in [0.2, 0.25) is 0 Å². The molecular weight excluding hydrogens is 486 g/mol. The summed E-state index contributed by atoms with van der Waals surface area (Å²) < 4.78 is 37.2. The van der Waals surface area contributed by atoms with Gasteiger partial charge in [0.1, 0.15) is 30.7 Å². The predicted octanol–water partition coefficient (Wildman–Crippen LogP) is 1.18. The number of ether oxygens (including phenoxy) is 2. The van der Waals surface area contributed by atoms with Crippen molar-refractivity contribution >= 4 is 31.1 Å². The summed E-state index contributed by atoms with van der Waals surface area (Å²) in [6, 6.07) is 4.91. The number of nitrogen functional groups attached to an aromatic ring is 1. The summed E-state index contributed by atoms with van der Waals surface area (Å²) in [6.07, 6.45) is -1.47. The number of aliphatic hydroxyl groups is 1. The zero-order chi connectivity index (χ0) is 25.3. The van der Waals surface area contributed by atoms with E-state index in [9.17, 15) is 14.8 Å². The van der Waals surface area contributed by atoms with Crippen LogP contribution in [0.4, 0.5) is 10.2 Å². The average Bonchev–Trinajstić information content (AvgIpc) is 3.33. The minimum absolute atomic E-state index is 0.0229. The van der Waals surface area contributed by atoms with Gasteiger partial charge in [0.2, 0.25) is 5.75 Å². The molecule has 15 heteroatoms. The van der Waals surface area contributed by atoms with E-state index in [-0.39, 0.29) is 35.1 Å². The van der Waals surface area contributed by atoms with Crippen molar-refractivity contribution in [1.82, 2.24) is 19.5 Å². The number of nitrogens with zero attached hydrogens (tertiary/aromatic N) is 5. The van der Waals surface area contributed by atoms with Crippen LogP contribution < -0.4 is 19.9 Å². The highest BCUT2D eigenvalue weighted by atomic mass is 31.1. The topological polar surface area (TPSA) is 190 Å². The maximum atomic E-state index is 15.6. The second-order valence-corrected chi connectivity index (χ2v) is 8.81. The Balaban J connectivity index is 1.50. The average molecular weight is 508 g/mol. The third-order valence-electron chi connectivity index (χ3n) is 5.41. The van der Waals surface area contributed by atoms with Crippen LogP contribution >= 0.6 is 8.17 Å². The molecule has 3 heterocycles. The lowest BCUT2D eigenvalue weighted by atomic mass is 9.98. The second kappa shape index (κ2) is 9.66. The molecule has 4 rings (SSSR count). The van der Waals surface area contributed by atoms with Gasteiger partial charge in [0.15, 0.2) is 35.2 Å². The SMILES string of the molecule is C[C@H](N=[P+]([O-])Oc1ccccc1OC[C@H]1O[C@@H](n2cnc3c(N)ncnc32)[C@](C)(F)[C@@H]1O)C(=O)O. The summed E-state index contributed by atoms with van der Waals surface area (Å²) in [5.74, 6) is -0.998. The Labute approximate surface area is 198 Å². The minimum atomic E-state index is -2.70. The molecule has 13 nitrogen and oxygen atoms in total. The summed E-state index contributed by atoms with van der Waals surface area (Å²) in [5.41, 5.74) is 4.05. The van der Waals surface area contributed by atoms with E-state index in [1.165, 1.54) is 43.2 Å². The third kappa shape index (κ3) is 4.86. The van der Waals surface area contributed by atoms with Gasteiger partial charge in [-0.15, -0.1) is 0 Å². The first-order valence-electron chi connectivity index (χ1n) is 10.4. The van der Waals surface area contributed by atoms with Crippen molar-refractivity contribution in [2.24, 2.45) is 4.74 Å². The van der Waals surface area contributed by atoms with Crippen molar-refractivity contribution in [2.45, 2.75) is 44.0 Å². The minimum Gasteiger partial charge on any atom is -0.575 e. The Morgan fingerprint density at radius 1 is 1.40 bits per heavy atom. The van der Waals surface area contributed by atoms with E-state index in [0.29, 0.717) is 0 Å². The standard InChI is InChI=1S/C20H22FN6O7P/c1-10(18(29)30)26-35(31)34-12-6-4-3-5-11(12)32-7-13-15(28)20(2,21)19(33-13)27-9-25-14-16(22)23-8-24-17(14)27/h3-6,8-10,13,15,19,28H,7H2,1-2H3,(H,29,30)(H2,22,23,24)/t10-,13+,15+,19+,20+/m0/s1. The molecule has 2 aromatic heterocycles. The van der Waals surface area contributed by atoms with E-state index in [1.807, 2.05) is 0 Å². The second-order valence-electron chi connectivity index (χ2n) is 7.92. The van der Waals surface area contributed by atoms with Crippen LogP contribution in [0.15, 0.2) is 41.7 Å². The number of aliphatic hydroxyl groups excluding tert-OH is 1. The Hall–Kier alpha value is -3.45. The third-order valence-corrected chi connectivity index (χ3v) is 6.30. The highest BCUT2D eigenvalue weighted by molar-refractivity contribution is 7.34. The molecule has 0 aliphatic carbocycles. The van der Waals surface area contributed by atoms with Crippen LogP contribution in [0.5, 0.6) is 11.5 Å². The number of carboxylic acids is 1. The molecule has 1 aliphatic rings. The van der Waals surface area contributed by atoms with Gasteiger partial charge in [0, 0.05) is 0 Å². The number of imidazole rings is 1. The molecular formula is C20H22FN6O7P. The molecule has 35 heavy (non-hydrogen) atoms. The number of hydrogen-bond donors (Lipinski definition) is 3. The Bertz CT molecular complexity index is 1270. The maximum Gasteiger partial charge on any atom is 0.395 e. The number of nitrogens with two attached hydrogens (primary N) is 1. The quantitative estimate of drug-likeness (QED) is 0.370. The Morgan fingerprint density at radius 2 is 2.11 bits per heavy atom. The van der Waals surface area contributed by atoms with Gasteiger partial charge < -0.3 is 30.3 Å². The fourth-order valence-corrected chi connectivity index (χ4v) is 4.26. The first-order valence-corrected chi connectivity index (χ1v) is 11.5. The normalized spacial score (nSPS) is 25.5. The molecule has 6 atom stereocenters. The van der Waals surface area contributed by atoms with E-state index in [1.54, 1.807) is 12.1 Å². The van der Waals surface area contributed by atoms with Gasteiger partial charge in [-0.2, -0.15) is 0 Å². The number of aliphatic carboxylic acids is 1. The first-order chi connectivity index (χ1) is 16.6. The monoisotopic (exact) mass is 508 g/mol. The molecule has 1 aliphatic heterocycles. The summed E-state index contributed by atoms with van der Waals surface area (Å²) >= 11 is 0. The molecule has 4 N–H and O–H groups in total. The smallest absolute Gasteiger partial charge is 0.395 e. The van der Waals surface area contributed by atoms with Gasteiger partial charge in [-0.05, 0) is 26.0 Å². The van der Waals surface area contributed by atoms with Crippen molar-refractivity contribution in [1.29, 1.82) is 0 Å². The lowest BCUT2D eigenvalue weighted by Gasteiger charge is -2.24. The molecule has 1 fully saturated rings. The van der Waals surface area contributed by atoms with Crippen LogP contribution in [0.25, 0.3) is 11.2 Å². The molecule has 0 amide bonds. The van der Waals surface area contributed by atoms with Gasteiger partial charge in [-0.25, -0.2) is 24.1 Å². The summed E-state index contributed by atoms with van der Waals surface area (Å²) in [6.45, 7) is 2.15. The van der Waals surface area contributed by atoms with E-state index in [2.05, 4.69) is 19.7 Å². The number of aromatic nitrogens is 4. The molecule has 0 bridgehead atoms. The van der Waals surface area contributed by atoms with Gasteiger partial charge in [0.25, 0.3) is 0 Å². The van der Waals surface area contributed by atoms with Gasteiger partial charge in [-0.3, -0.25) is 9.09 Å². The van der Waals surface area contributed by atoms with Gasteiger partial charge >= 0.3 is 14.1 Å². The van der Waals surface area contributed by atoms with Crippen molar-refractivity contribution in [3.8, 4) is 11.5 Å². The number of halogens is 1. The number of para-hydroxylation sites is 2. The summed E-state index contributed by atoms with van der Waals surface area (Å²) in [4.78, 5) is 35.0. The van der Waals surface area contributed by atoms with Crippen LogP contribution in [-0.2, 0) is 9.53 Å². The molecule has 0 saturated carbocycles. The number of carboxylic acid groups (broad SMARTS) is 1. The molecule has 1 unspecified atom stereocenters. The molecule has 1 saturated heterocycles. The molecule has 3 aromatic rings. The lowest BCUT2D eigenvalue weighted by molar-refractivity contribution is -0.169. The maximum absolute atomic E-state index is 15.6. The Morgan fingerprint density at radius 3 is 2.83 bits per heavy atom. The zero-order valence-corrected chi connectivity index (χ0v) is 19.4. The van der Waals surface area contributed by atoms with Crippen LogP contribution in [0.1, 0.15) is 20.1 Å². The number of alkyl halides is 1. The predicted molar refractivity (Wildman–Crippen MR) is 118 cm³/mol. The fraction of sp³-hybridized carbons (Fsp3) is 0.400. The molecule has 0 radical (unpaired) electrons. The first kappa shape index (κ1) is 24.7. The highest BCUT2D eigenvalue weighted by Gasteiger charge is 2.55. The number of hydrogen-bond acceptors (Lipinski definition) is 11. The van der Waals surface area contributed by atoms with Crippen LogP contribution in [0.3, 0.4) is 0 Å². The molecule has 0 spiro atoms. The fourth-order valence-electron chi connectivity index (χ4n) is 3.51. The molecule has 1 aromatic carbocycles. The number of carbonyl (C=O) groups is 1. The van der Waals surface area contributed by atoms with Gasteiger partial charge in [-0.1, -0.05) is 16.9 Å². The highest BCUT2D eigenvalue weighted by Crippen LogP contribution is 2.43. The van der Waals surface area contributed by atoms with Crippen molar-refractivity contribution in [2.75, 3.05) is 12.3 Å². The van der Waals surface area contributed by atoms with E-state index >= 15 is 4.39 Å². The summed E-state index contributed by atoms with van der Waals surface area (Å²) in [5, 5.41) is 19.5. The van der Waals surface area contributed by atoms with E-state index < -0.39 is 44.3 Å². The number of benzene rings is 1. The number of fused-ring (bicyclic) bond motifs is 1.